The third-order valence-electron chi connectivity index (χ3n) is 4.77. The van der Waals surface area contributed by atoms with Gasteiger partial charge in [0.1, 0.15) is 0 Å². The first kappa shape index (κ1) is 16.2. The van der Waals surface area contributed by atoms with Crippen molar-refractivity contribution in [2.45, 2.75) is 45.2 Å². The predicted octanol–water partition coefficient (Wildman–Crippen LogP) is 1.84. The van der Waals surface area contributed by atoms with E-state index in [1.54, 1.807) is 7.11 Å². The fraction of sp³-hybridized carbons (Fsp3) is 1.00. The first-order valence-electron chi connectivity index (χ1n) is 8.27. The molecule has 0 aromatic rings. The monoisotopic (exact) mass is 284 g/mol. The molecule has 118 valence electrons. The SMILES string of the molecule is COCCOCCCN1CC2CCCN2CC1C(C)C. The number of piperazine rings is 1. The Labute approximate surface area is 124 Å². The van der Waals surface area contributed by atoms with E-state index in [-0.39, 0.29) is 0 Å². The molecule has 2 rings (SSSR count). The maximum atomic E-state index is 5.59. The van der Waals surface area contributed by atoms with Crippen molar-refractivity contribution in [2.75, 3.05) is 53.1 Å². The standard InChI is InChI=1S/C16H32N2O2/c1-14(2)16-13-17-7-4-6-15(17)12-18(16)8-5-9-20-11-10-19-3/h14-16H,4-13H2,1-3H3. The van der Waals surface area contributed by atoms with Crippen molar-refractivity contribution in [1.29, 1.82) is 0 Å². The Bertz CT molecular complexity index is 273. The van der Waals surface area contributed by atoms with Gasteiger partial charge in [-0.3, -0.25) is 9.80 Å². The van der Waals surface area contributed by atoms with Crippen LogP contribution in [0.1, 0.15) is 33.1 Å². The van der Waals surface area contributed by atoms with Gasteiger partial charge in [0.15, 0.2) is 0 Å². The van der Waals surface area contributed by atoms with Crippen molar-refractivity contribution in [1.82, 2.24) is 9.80 Å². The molecule has 0 spiro atoms. The number of rotatable bonds is 8. The van der Waals surface area contributed by atoms with Crippen LogP contribution in [0.3, 0.4) is 0 Å². The zero-order valence-corrected chi connectivity index (χ0v) is 13.5. The zero-order valence-electron chi connectivity index (χ0n) is 13.5. The highest BCUT2D eigenvalue weighted by molar-refractivity contribution is 4.93. The van der Waals surface area contributed by atoms with E-state index >= 15 is 0 Å². The molecule has 0 aromatic heterocycles. The van der Waals surface area contributed by atoms with Crippen LogP contribution in [0.5, 0.6) is 0 Å². The quantitative estimate of drug-likeness (QED) is 0.635. The van der Waals surface area contributed by atoms with E-state index < -0.39 is 0 Å². The molecule has 4 heteroatoms. The van der Waals surface area contributed by atoms with Crippen molar-refractivity contribution in [2.24, 2.45) is 5.92 Å². The first-order chi connectivity index (χ1) is 9.72. The summed E-state index contributed by atoms with van der Waals surface area (Å²) in [5.74, 6) is 0.742. The Morgan fingerprint density at radius 2 is 2.00 bits per heavy atom. The minimum absolute atomic E-state index is 0.704. The van der Waals surface area contributed by atoms with E-state index in [9.17, 15) is 0 Å². The van der Waals surface area contributed by atoms with Gasteiger partial charge in [-0.15, -0.1) is 0 Å². The van der Waals surface area contributed by atoms with Crippen LogP contribution in [-0.4, -0.2) is 75.0 Å². The maximum absolute atomic E-state index is 5.59. The number of methoxy groups -OCH3 is 1. The molecule has 0 aliphatic carbocycles. The summed E-state index contributed by atoms with van der Waals surface area (Å²) in [5, 5.41) is 0. The predicted molar refractivity (Wildman–Crippen MR) is 82.1 cm³/mol. The summed E-state index contributed by atoms with van der Waals surface area (Å²) in [7, 11) is 1.72. The van der Waals surface area contributed by atoms with Gasteiger partial charge in [-0.1, -0.05) is 13.8 Å². The lowest BCUT2D eigenvalue weighted by Crippen LogP contribution is -2.57. The second-order valence-electron chi connectivity index (χ2n) is 6.56. The van der Waals surface area contributed by atoms with Crippen molar-refractivity contribution >= 4 is 0 Å². The molecule has 0 saturated carbocycles. The molecule has 0 amide bonds. The summed E-state index contributed by atoms with van der Waals surface area (Å²) in [6.07, 6.45) is 3.93. The van der Waals surface area contributed by atoms with E-state index in [2.05, 4.69) is 23.6 Å². The number of ether oxygens (including phenoxy) is 2. The summed E-state index contributed by atoms with van der Waals surface area (Å²) in [6.45, 7) is 12.1. The average Bonchev–Trinajstić information content (AvgIpc) is 2.88. The number of hydrogen-bond donors (Lipinski definition) is 0. The lowest BCUT2D eigenvalue weighted by molar-refractivity contribution is 0.0179. The van der Waals surface area contributed by atoms with Gasteiger partial charge in [0.2, 0.25) is 0 Å². The minimum Gasteiger partial charge on any atom is -0.382 e. The largest absolute Gasteiger partial charge is 0.382 e. The van der Waals surface area contributed by atoms with Gasteiger partial charge in [0, 0.05) is 45.4 Å². The molecule has 2 aliphatic heterocycles. The van der Waals surface area contributed by atoms with Crippen LogP contribution in [-0.2, 0) is 9.47 Å². The summed E-state index contributed by atoms with van der Waals surface area (Å²) < 4.78 is 10.6. The molecular formula is C16H32N2O2. The Balaban J connectivity index is 1.72. The summed E-state index contributed by atoms with van der Waals surface area (Å²) in [5.41, 5.74) is 0. The molecule has 0 bridgehead atoms. The Morgan fingerprint density at radius 1 is 1.15 bits per heavy atom. The lowest BCUT2D eigenvalue weighted by Gasteiger charge is -2.45. The van der Waals surface area contributed by atoms with Gasteiger partial charge in [-0.2, -0.15) is 0 Å². The fourth-order valence-electron chi connectivity index (χ4n) is 3.61. The van der Waals surface area contributed by atoms with Gasteiger partial charge < -0.3 is 9.47 Å². The Morgan fingerprint density at radius 3 is 2.75 bits per heavy atom. The summed E-state index contributed by atoms with van der Waals surface area (Å²) in [6, 6.07) is 1.54. The molecule has 0 N–H and O–H groups in total. The number of nitrogens with zero attached hydrogens (tertiary/aromatic N) is 2. The molecule has 20 heavy (non-hydrogen) atoms. The van der Waals surface area contributed by atoms with Gasteiger partial charge in [-0.25, -0.2) is 0 Å². The van der Waals surface area contributed by atoms with Gasteiger partial charge in [0.25, 0.3) is 0 Å². The zero-order chi connectivity index (χ0) is 14.4. The highest BCUT2D eigenvalue weighted by Gasteiger charge is 2.36. The van der Waals surface area contributed by atoms with E-state index in [4.69, 9.17) is 9.47 Å². The van der Waals surface area contributed by atoms with Crippen molar-refractivity contribution in [3.8, 4) is 0 Å². The number of fused-ring (bicyclic) bond motifs is 1. The fourth-order valence-corrected chi connectivity index (χ4v) is 3.61. The topological polar surface area (TPSA) is 24.9 Å². The third kappa shape index (κ3) is 4.42. The minimum atomic E-state index is 0.704. The van der Waals surface area contributed by atoms with Crippen LogP contribution in [0.4, 0.5) is 0 Å². The summed E-state index contributed by atoms with van der Waals surface area (Å²) >= 11 is 0. The first-order valence-corrected chi connectivity index (χ1v) is 8.27. The van der Waals surface area contributed by atoms with E-state index in [0.717, 1.165) is 37.6 Å². The van der Waals surface area contributed by atoms with E-state index in [1.165, 1.54) is 39.0 Å². The van der Waals surface area contributed by atoms with E-state index in [0.29, 0.717) is 6.61 Å². The summed E-state index contributed by atoms with van der Waals surface area (Å²) in [4.78, 5) is 5.44. The molecular weight excluding hydrogens is 252 g/mol. The Hall–Kier alpha value is -0.160. The third-order valence-corrected chi connectivity index (χ3v) is 4.77. The molecule has 2 heterocycles. The molecule has 0 aromatic carbocycles. The van der Waals surface area contributed by atoms with Crippen LogP contribution >= 0.6 is 0 Å². The molecule has 0 radical (unpaired) electrons. The van der Waals surface area contributed by atoms with E-state index in [1.807, 2.05) is 0 Å². The molecule has 2 unspecified atom stereocenters. The van der Waals surface area contributed by atoms with Crippen molar-refractivity contribution in [3.63, 3.8) is 0 Å². The lowest BCUT2D eigenvalue weighted by atomic mass is 9.97. The van der Waals surface area contributed by atoms with Crippen molar-refractivity contribution < 1.29 is 9.47 Å². The van der Waals surface area contributed by atoms with Gasteiger partial charge >= 0.3 is 0 Å². The highest BCUT2D eigenvalue weighted by Crippen LogP contribution is 2.27. The molecule has 2 saturated heterocycles. The van der Waals surface area contributed by atoms with Crippen LogP contribution in [0.25, 0.3) is 0 Å². The molecule has 4 nitrogen and oxygen atoms in total. The molecule has 2 aliphatic rings. The van der Waals surface area contributed by atoms with Gasteiger partial charge in [0.05, 0.1) is 13.2 Å². The van der Waals surface area contributed by atoms with Crippen LogP contribution in [0.15, 0.2) is 0 Å². The van der Waals surface area contributed by atoms with Crippen LogP contribution in [0, 0.1) is 5.92 Å². The maximum Gasteiger partial charge on any atom is 0.0700 e. The smallest absolute Gasteiger partial charge is 0.0700 e. The van der Waals surface area contributed by atoms with Gasteiger partial charge in [-0.05, 0) is 31.7 Å². The second kappa shape index (κ2) is 8.32. The molecule has 2 atom stereocenters. The average molecular weight is 284 g/mol. The Kier molecular flexibility index (Phi) is 6.75. The second-order valence-corrected chi connectivity index (χ2v) is 6.56. The normalized spacial score (nSPS) is 28.2. The number of hydrogen-bond acceptors (Lipinski definition) is 4. The highest BCUT2D eigenvalue weighted by atomic mass is 16.5. The van der Waals surface area contributed by atoms with Crippen LogP contribution in [0.2, 0.25) is 0 Å². The molecule has 2 fully saturated rings. The van der Waals surface area contributed by atoms with Crippen molar-refractivity contribution in [3.05, 3.63) is 0 Å². The van der Waals surface area contributed by atoms with Crippen LogP contribution < -0.4 is 0 Å².